The molecule has 3 amide bonds. The predicted molar refractivity (Wildman–Crippen MR) is 136 cm³/mol. The molecule has 2 aliphatic rings. The van der Waals surface area contributed by atoms with Crippen molar-refractivity contribution >= 4 is 40.7 Å². The smallest absolute Gasteiger partial charge is 0.289 e. The number of likely N-dealkylation sites (N-methyl/N-ethyl adjacent to an activating group) is 1. The van der Waals surface area contributed by atoms with E-state index in [9.17, 15) is 23.9 Å². The lowest BCUT2D eigenvalue weighted by Crippen LogP contribution is -2.42. The monoisotopic (exact) mass is 495 g/mol. The quantitative estimate of drug-likeness (QED) is 0.331. The second kappa shape index (κ2) is 9.98. The van der Waals surface area contributed by atoms with E-state index in [2.05, 4.69) is 40.9 Å². The second-order valence-corrected chi connectivity index (χ2v) is 8.88. The highest BCUT2D eigenvalue weighted by atomic mass is 19.1. The van der Waals surface area contributed by atoms with E-state index < -0.39 is 23.4 Å². The highest BCUT2D eigenvalue weighted by molar-refractivity contribution is 6.35. The molecular weight excluding hydrogens is 465 g/mol. The summed E-state index contributed by atoms with van der Waals surface area (Å²) in [6.07, 6.45) is 2.30. The summed E-state index contributed by atoms with van der Waals surface area (Å²) in [4.78, 5) is 45.0. The van der Waals surface area contributed by atoms with Crippen molar-refractivity contribution in [1.82, 2.24) is 14.8 Å². The Hall–Kier alpha value is -3.92. The molecule has 0 spiro atoms. The SMILES string of the molecule is C=C(O)C(=O)Nc1cc2c(cc1F)/C(=C/c1[nH]c3c(c1C)C(=O)N(CCN(CC)CC)CC3)C(=O)N2. The third-order valence-corrected chi connectivity index (χ3v) is 6.77. The number of hydrogen-bond acceptors (Lipinski definition) is 5. The number of nitrogens with zero attached hydrogens (tertiary/aromatic N) is 2. The molecule has 2 aromatic rings. The lowest BCUT2D eigenvalue weighted by atomic mass is 10.0. The van der Waals surface area contributed by atoms with Gasteiger partial charge in [0.15, 0.2) is 5.76 Å². The van der Waals surface area contributed by atoms with Crippen LogP contribution in [-0.2, 0) is 16.0 Å². The normalized spacial score (nSPS) is 15.8. The second-order valence-electron chi connectivity index (χ2n) is 8.88. The summed E-state index contributed by atoms with van der Waals surface area (Å²) in [5.74, 6) is -2.94. The van der Waals surface area contributed by atoms with Crippen LogP contribution < -0.4 is 10.6 Å². The molecule has 0 saturated heterocycles. The first-order chi connectivity index (χ1) is 17.1. The number of aromatic nitrogens is 1. The molecule has 10 heteroatoms. The maximum Gasteiger partial charge on any atom is 0.289 e. The van der Waals surface area contributed by atoms with Gasteiger partial charge in [0, 0.05) is 43.0 Å². The number of H-pyrrole nitrogens is 1. The van der Waals surface area contributed by atoms with Gasteiger partial charge >= 0.3 is 0 Å². The first kappa shape index (κ1) is 25.2. The Morgan fingerprint density at radius 1 is 1.31 bits per heavy atom. The Bertz CT molecular complexity index is 1290. The van der Waals surface area contributed by atoms with E-state index >= 15 is 0 Å². The third kappa shape index (κ3) is 4.64. The van der Waals surface area contributed by atoms with Gasteiger partial charge in [-0.2, -0.15) is 0 Å². The van der Waals surface area contributed by atoms with Crippen molar-refractivity contribution in [2.24, 2.45) is 0 Å². The number of fused-ring (bicyclic) bond motifs is 2. The summed E-state index contributed by atoms with van der Waals surface area (Å²) in [6.45, 7) is 13.1. The van der Waals surface area contributed by atoms with Crippen LogP contribution in [0, 0.1) is 12.7 Å². The van der Waals surface area contributed by atoms with Crippen LogP contribution in [0.1, 0.15) is 46.7 Å². The van der Waals surface area contributed by atoms with Crippen LogP contribution in [0.2, 0.25) is 0 Å². The first-order valence-corrected chi connectivity index (χ1v) is 11.9. The Kier molecular flexibility index (Phi) is 6.98. The Morgan fingerprint density at radius 3 is 2.69 bits per heavy atom. The van der Waals surface area contributed by atoms with Crippen molar-refractivity contribution < 1.29 is 23.9 Å². The van der Waals surface area contributed by atoms with Crippen molar-refractivity contribution in [3.05, 3.63) is 58.4 Å². The lowest BCUT2D eigenvalue weighted by Gasteiger charge is -2.29. The number of amides is 3. The number of benzene rings is 1. The molecule has 2 aliphatic heterocycles. The number of aromatic amines is 1. The molecule has 0 radical (unpaired) electrons. The standard InChI is InChI=1S/C26H30FN5O4/c1-5-31(6-2)9-10-32-8-7-19-23(26(32)36)14(3)20(28-19)12-17-16-11-18(27)22(30-24(34)15(4)33)13-21(16)29-25(17)35/h11-13,28,33H,4-10H2,1-3H3,(H,29,35)(H,30,34)/b17-12-. The zero-order valence-corrected chi connectivity index (χ0v) is 20.6. The number of hydrogen-bond donors (Lipinski definition) is 4. The Balaban J connectivity index is 1.61. The highest BCUT2D eigenvalue weighted by Crippen LogP contribution is 2.37. The van der Waals surface area contributed by atoms with Gasteiger partial charge in [-0.05, 0) is 43.8 Å². The fourth-order valence-electron chi connectivity index (χ4n) is 4.61. The third-order valence-electron chi connectivity index (χ3n) is 6.77. The van der Waals surface area contributed by atoms with Crippen LogP contribution in [0.25, 0.3) is 11.6 Å². The molecule has 0 fully saturated rings. The summed E-state index contributed by atoms with van der Waals surface area (Å²) in [5.41, 5.74) is 3.50. The fourth-order valence-corrected chi connectivity index (χ4v) is 4.61. The van der Waals surface area contributed by atoms with Crippen LogP contribution in [-0.4, -0.2) is 70.3 Å². The number of nitrogens with one attached hydrogen (secondary N) is 3. The number of rotatable bonds is 8. The average molecular weight is 496 g/mol. The van der Waals surface area contributed by atoms with Crippen LogP contribution in [0.5, 0.6) is 0 Å². The molecule has 36 heavy (non-hydrogen) atoms. The van der Waals surface area contributed by atoms with E-state index in [1.165, 1.54) is 6.07 Å². The Labute approximate surface area is 208 Å². The van der Waals surface area contributed by atoms with Crippen LogP contribution >= 0.6 is 0 Å². The number of aliphatic hydroxyl groups excluding tert-OH is 1. The molecule has 4 rings (SSSR count). The molecule has 1 aromatic carbocycles. The van der Waals surface area contributed by atoms with Crippen molar-refractivity contribution in [2.45, 2.75) is 27.2 Å². The summed E-state index contributed by atoms with van der Waals surface area (Å²) in [7, 11) is 0. The molecule has 3 heterocycles. The molecule has 190 valence electrons. The van der Waals surface area contributed by atoms with E-state index in [0.29, 0.717) is 42.0 Å². The summed E-state index contributed by atoms with van der Waals surface area (Å²) < 4.78 is 14.7. The van der Waals surface area contributed by atoms with Gasteiger partial charge in [-0.15, -0.1) is 0 Å². The summed E-state index contributed by atoms with van der Waals surface area (Å²) >= 11 is 0. The van der Waals surface area contributed by atoms with E-state index in [1.807, 2.05) is 11.8 Å². The number of aliphatic hydroxyl groups is 1. The van der Waals surface area contributed by atoms with Crippen molar-refractivity contribution in [3.8, 4) is 0 Å². The van der Waals surface area contributed by atoms with E-state index in [4.69, 9.17) is 0 Å². The molecule has 0 bridgehead atoms. The topological polar surface area (TPSA) is 118 Å². The fraction of sp³-hybridized carbons (Fsp3) is 0.346. The van der Waals surface area contributed by atoms with E-state index in [-0.39, 0.29) is 17.2 Å². The van der Waals surface area contributed by atoms with Gasteiger partial charge in [0.1, 0.15) is 5.82 Å². The van der Waals surface area contributed by atoms with Crippen molar-refractivity contribution in [1.29, 1.82) is 0 Å². The van der Waals surface area contributed by atoms with Gasteiger partial charge in [0.05, 0.1) is 22.5 Å². The largest absolute Gasteiger partial charge is 0.503 e. The Morgan fingerprint density at radius 2 is 2.03 bits per heavy atom. The van der Waals surface area contributed by atoms with Gasteiger partial charge in [-0.3, -0.25) is 14.4 Å². The minimum absolute atomic E-state index is 0.0324. The predicted octanol–water partition coefficient (Wildman–Crippen LogP) is 3.31. The highest BCUT2D eigenvalue weighted by Gasteiger charge is 2.31. The van der Waals surface area contributed by atoms with E-state index in [1.54, 1.807) is 6.08 Å². The number of carbonyl (C=O) groups is 3. The van der Waals surface area contributed by atoms with Crippen LogP contribution in [0.4, 0.5) is 15.8 Å². The van der Waals surface area contributed by atoms with Crippen LogP contribution in [0.15, 0.2) is 24.5 Å². The molecule has 0 aliphatic carbocycles. The molecule has 4 N–H and O–H groups in total. The van der Waals surface area contributed by atoms with Gasteiger partial charge < -0.3 is 30.5 Å². The number of halogens is 1. The molecule has 1 aromatic heterocycles. The maximum absolute atomic E-state index is 14.7. The van der Waals surface area contributed by atoms with E-state index in [0.717, 1.165) is 37.0 Å². The van der Waals surface area contributed by atoms with Gasteiger partial charge in [-0.1, -0.05) is 20.4 Å². The molecule has 0 atom stereocenters. The zero-order chi connectivity index (χ0) is 26.1. The van der Waals surface area contributed by atoms with Crippen molar-refractivity contribution in [3.63, 3.8) is 0 Å². The minimum atomic E-state index is -0.947. The van der Waals surface area contributed by atoms with Gasteiger partial charge in [0.2, 0.25) is 0 Å². The summed E-state index contributed by atoms with van der Waals surface area (Å²) in [6, 6.07) is 2.43. The van der Waals surface area contributed by atoms with Crippen LogP contribution in [0.3, 0.4) is 0 Å². The summed E-state index contributed by atoms with van der Waals surface area (Å²) in [5, 5.41) is 14.1. The molecule has 0 saturated carbocycles. The molecule has 9 nitrogen and oxygen atoms in total. The molecule has 0 unspecified atom stereocenters. The van der Waals surface area contributed by atoms with Gasteiger partial charge in [-0.25, -0.2) is 4.39 Å². The maximum atomic E-state index is 14.7. The van der Waals surface area contributed by atoms with Crippen molar-refractivity contribution in [2.75, 3.05) is 43.4 Å². The average Bonchev–Trinajstić information content (AvgIpc) is 3.32. The minimum Gasteiger partial charge on any atom is -0.503 e. The number of carbonyl (C=O) groups excluding carboxylic acids is 3. The van der Waals surface area contributed by atoms with Gasteiger partial charge in [0.25, 0.3) is 17.7 Å². The zero-order valence-electron chi connectivity index (χ0n) is 20.6. The lowest BCUT2D eigenvalue weighted by molar-refractivity contribution is -0.115. The molecular formula is C26H30FN5O4. The first-order valence-electron chi connectivity index (χ1n) is 11.9. The number of anilines is 2.